The van der Waals surface area contributed by atoms with Gasteiger partial charge in [0, 0.05) is 79.6 Å². The molecule has 0 spiro atoms. The van der Waals surface area contributed by atoms with Crippen molar-refractivity contribution in [2.45, 2.75) is 81.8 Å². The number of likely N-dealkylation sites (tertiary alicyclic amines) is 1. The average molecular weight is 586 g/mol. The Hall–Kier alpha value is -3.20. The summed E-state index contributed by atoms with van der Waals surface area (Å²) in [6.07, 6.45) is 9.45. The van der Waals surface area contributed by atoms with Crippen molar-refractivity contribution in [1.82, 2.24) is 25.3 Å². The molecular formula is C31H39N9OS. The molecule has 2 bridgehead atoms. The van der Waals surface area contributed by atoms with E-state index >= 15 is 0 Å². The highest BCUT2D eigenvalue weighted by molar-refractivity contribution is 7.16. The van der Waals surface area contributed by atoms with Crippen LogP contribution in [0, 0.1) is 11.3 Å². The second-order valence-electron chi connectivity index (χ2n) is 13.0. The van der Waals surface area contributed by atoms with Crippen molar-refractivity contribution in [2.24, 2.45) is 0 Å². The zero-order chi connectivity index (χ0) is 28.4. The predicted molar refractivity (Wildman–Crippen MR) is 164 cm³/mol. The number of nitrogens with zero attached hydrogens (tertiary/aromatic N) is 7. The number of nitrogen functional groups attached to an aromatic ring is 1. The minimum Gasteiger partial charge on any atom is -0.389 e. The highest BCUT2D eigenvalue weighted by Gasteiger charge is 2.47. The van der Waals surface area contributed by atoms with Crippen LogP contribution in [0.25, 0.3) is 11.5 Å². The molecule has 5 aliphatic rings. The van der Waals surface area contributed by atoms with E-state index in [-0.39, 0.29) is 0 Å². The van der Waals surface area contributed by atoms with Crippen molar-refractivity contribution in [1.29, 1.82) is 5.26 Å². The molecule has 220 valence electrons. The molecule has 0 radical (unpaired) electrons. The van der Waals surface area contributed by atoms with Gasteiger partial charge in [-0.2, -0.15) is 10.2 Å². The molecule has 3 aliphatic heterocycles. The third-order valence-electron chi connectivity index (χ3n) is 10.5. The van der Waals surface area contributed by atoms with Gasteiger partial charge in [0.15, 0.2) is 0 Å². The normalized spacial score (nSPS) is 28.0. The first-order chi connectivity index (χ1) is 20.5. The highest BCUT2D eigenvalue weighted by Crippen LogP contribution is 2.49. The Morgan fingerprint density at radius 3 is 2.69 bits per heavy atom. The number of hydrogen-bond donors (Lipinski definition) is 2. The van der Waals surface area contributed by atoms with Crippen LogP contribution < -0.4 is 20.9 Å². The van der Waals surface area contributed by atoms with Gasteiger partial charge in [0.05, 0.1) is 11.0 Å². The lowest BCUT2D eigenvalue weighted by atomic mass is 9.72. The molecule has 8 rings (SSSR count). The Kier molecular flexibility index (Phi) is 6.43. The summed E-state index contributed by atoms with van der Waals surface area (Å²) in [5, 5.41) is 18.5. The van der Waals surface area contributed by atoms with Crippen LogP contribution in [0.4, 0.5) is 16.5 Å². The maximum atomic E-state index is 9.92. The number of piperazine rings is 2. The van der Waals surface area contributed by atoms with Gasteiger partial charge in [-0.1, -0.05) is 18.0 Å². The summed E-state index contributed by atoms with van der Waals surface area (Å²) in [7, 11) is 0. The van der Waals surface area contributed by atoms with Crippen LogP contribution in [0.1, 0.15) is 73.8 Å². The van der Waals surface area contributed by atoms with E-state index in [1.54, 1.807) is 0 Å². The van der Waals surface area contributed by atoms with Gasteiger partial charge in [0.25, 0.3) is 0 Å². The lowest BCUT2D eigenvalue weighted by molar-refractivity contribution is 0.170. The van der Waals surface area contributed by atoms with Crippen molar-refractivity contribution in [3.05, 3.63) is 34.0 Å². The van der Waals surface area contributed by atoms with Gasteiger partial charge < -0.3 is 25.4 Å². The molecule has 6 heterocycles. The standard InChI is InChI=1S/C31H39N9OS/c1-31(8-4-7-25-27(31)23(16-32)28(33)42-25)30-36-29(37-41-30)24-14-20(38-11-9-34-10-12-38)15-26(35-24)40-18-21-13-22(40)17-39(21)19-5-2-3-6-19/h14-15,19,21-22,34H,2-13,17-18,33H2,1H3/t21-,22-,31?/m0/s1. The maximum Gasteiger partial charge on any atom is 0.237 e. The second-order valence-corrected chi connectivity index (χ2v) is 14.1. The lowest BCUT2D eigenvalue weighted by Crippen LogP contribution is -2.50. The summed E-state index contributed by atoms with van der Waals surface area (Å²) in [5.74, 6) is 2.07. The van der Waals surface area contributed by atoms with Gasteiger partial charge in [-0.15, -0.1) is 11.3 Å². The molecule has 0 amide bonds. The number of rotatable bonds is 5. The number of nitrogens with two attached hydrogens (primary N) is 1. The summed E-state index contributed by atoms with van der Waals surface area (Å²) in [6.45, 7) is 8.14. The summed E-state index contributed by atoms with van der Waals surface area (Å²) in [4.78, 5) is 19.1. The third kappa shape index (κ3) is 4.21. The van der Waals surface area contributed by atoms with E-state index in [9.17, 15) is 5.26 Å². The monoisotopic (exact) mass is 585 g/mol. The van der Waals surface area contributed by atoms with E-state index in [1.165, 1.54) is 49.1 Å². The fraction of sp³-hybridized carbons (Fsp3) is 0.613. The first-order valence-electron chi connectivity index (χ1n) is 15.7. The largest absolute Gasteiger partial charge is 0.389 e. The van der Waals surface area contributed by atoms with Crippen molar-refractivity contribution in [3.63, 3.8) is 0 Å². The van der Waals surface area contributed by atoms with Crippen LogP contribution in [0.5, 0.6) is 0 Å². The molecule has 4 fully saturated rings. The number of hydrogen-bond acceptors (Lipinski definition) is 11. The maximum absolute atomic E-state index is 9.92. The molecule has 3 atom stereocenters. The minimum absolute atomic E-state index is 0.503. The highest BCUT2D eigenvalue weighted by atomic mass is 32.1. The van der Waals surface area contributed by atoms with Crippen LogP contribution in [0.15, 0.2) is 16.7 Å². The van der Waals surface area contributed by atoms with Crippen molar-refractivity contribution >= 4 is 27.8 Å². The fourth-order valence-electron chi connectivity index (χ4n) is 8.39. The molecule has 0 aromatic carbocycles. The van der Waals surface area contributed by atoms with Gasteiger partial charge in [-0.05, 0) is 51.5 Å². The first-order valence-corrected chi connectivity index (χ1v) is 16.5. The van der Waals surface area contributed by atoms with Crippen LogP contribution in [-0.4, -0.2) is 77.4 Å². The Balaban J connectivity index is 1.14. The fourth-order valence-corrected chi connectivity index (χ4v) is 9.58. The Labute approximate surface area is 250 Å². The van der Waals surface area contributed by atoms with Crippen LogP contribution >= 0.6 is 11.3 Å². The minimum atomic E-state index is -0.547. The van der Waals surface area contributed by atoms with E-state index in [1.807, 2.05) is 0 Å². The Morgan fingerprint density at radius 2 is 1.93 bits per heavy atom. The first kappa shape index (κ1) is 26.4. The molecule has 3 saturated heterocycles. The Morgan fingerprint density at radius 1 is 1.10 bits per heavy atom. The van der Waals surface area contributed by atoms with E-state index in [0.29, 0.717) is 34.4 Å². The van der Waals surface area contributed by atoms with Gasteiger partial charge in [-0.3, -0.25) is 4.90 Å². The van der Waals surface area contributed by atoms with Crippen molar-refractivity contribution in [3.8, 4) is 17.6 Å². The van der Waals surface area contributed by atoms with Crippen molar-refractivity contribution < 1.29 is 4.52 Å². The average Bonchev–Trinajstić information content (AvgIpc) is 3.85. The number of aromatic nitrogens is 3. The van der Waals surface area contributed by atoms with Crippen LogP contribution in [0.2, 0.25) is 0 Å². The molecule has 3 N–H and O–H groups in total. The smallest absolute Gasteiger partial charge is 0.237 e. The van der Waals surface area contributed by atoms with Gasteiger partial charge in [0.2, 0.25) is 11.7 Å². The lowest BCUT2D eigenvalue weighted by Gasteiger charge is -2.38. The zero-order valence-electron chi connectivity index (χ0n) is 24.3. The molecule has 42 heavy (non-hydrogen) atoms. The summed E-state index contributed by atoms with van der Waals surface area (Å²) < 4.78 is 6.01. The van der Waals surface area contributed by atoms with E-state index in [2.05, 4.69) is 50.3 Å². The summed E-state index contributed by atoms with van der Waals surface area (Å²) >= 11 is 1.52. The number of anilines is 3. The third-order valence-corrected chi connectivity index (χ3v) is 11.6. The number of thiophene rings is 1. The molecule has 2 aliphatic carbocycles. The van der Waals surface area contributed by atoms with Gasteiger partial charge in [0.1, 0.15) is 22.6 Å². The number of pyridine rings is 1. The number of nitrogens with one attached hydrogen (secondary N) is 1. The molecular weight excluding hydrogens is 546 g/mol. The predicted octanol–water partition coefficient (Wildman–Crippen LogP) is 3.90. The topological polar surface area (TPSA) is 123 Å². The number of aryl methyl sites for hydroxylation is 1. The number of nitriles is 1. The molecule has 1 saturated carbocycles. The molecule has 10 nitrogen and oxygen atoms in total. The molecule has 3 aromatic rings. The van der Waals surface area contributed by atoms with Crippen molar-refractivity contribution in [2.75, 3.05) is 54.8 Å². The quantitative estimate of drug-likeness (QED) is 0.456. The van der Waals surface area contributed by atoms with E-state index < -0.39 is 5.41 Å². The molecule has 1 unspecified atom stereocenters. The SMILES string of the molecule is CC1(c2nc(-c3cc(N4CCNCC4)cc(N4C[C@@H]5C[C@H]4CN5C4CCCC4)n3)no2)CCCc2sc(N)c(C#N)c21. The Bertz CT molecular complexity index is 1530. The molecule has 3 aromatic heterocycles. The molecule has 11 heteroatoms. The van der Waals surface area contributed by atoms with E-state index in [0.717, 1.165) is 86.5 Å². The number of fused-ring (bicyclic) bond motifs is 3. The van der Waals surface area contributed by atoms with Crippen LogP contribution in [0.3, 0.4) is 0 Å². The summed E-state index contributed by atoms with van der Waals surface area (Å²) in [6, 6.07) is 8.65. The van der Waals surface area contributed by atoms with Crippen LogP contribution in [-0.2, 0) is 11.8 Å². The zero-order valence-corrected chi connectivity index (χ0v) is 25.1. The van der Waals surface area contributed by atoms with E-state index in [4.69, 9.17) is 20.2 Å². The second kappa shape index (κ2) is 10.2. The summed E-state index contributed by atoms with van der Waals surface area (Å²) in [5.41, 5.74) is 9.16. The van der Waals surface area contributed by atoms with Gasteiger partial charge in [-0.25, -0.2) is 4.98 Å². The van der Waals surface area contributed by atoms with Gasteiger partial charge >= 0.3 is 0 Å².